The Kier molecular flexibility index (Phi) is 4.49. The summed E-state index contributed by atoms with van der Waals surface area (Å²) in [5.41, 5.74) is 0.453. The van der Waals surface area contributed by atoms with Crippen molar-refractivity contribution in [1.29, 1.82) is 5.26 Å². The highest BCUT2D eigenvalue weighted by Crippen LogP contribution is 2.32. The van der Waals surface area contributed by atoms with Crippen molar-refractivity contribution in [1.82, 2.24) is 0 Å². The fourth-order valence-electron chi connectivity index (χ4n) is 2.40. The summed E-state index contributed by atoms with van der Waals surface area (Å²) in [5, 5.41) is 13.0. The highest BCUT2D eigenvalue weighted by Gasteiger charge is 2.38. The summed E-state index contributed by atoms with van der Waals surface area (Å²) >= 11 is 3.45. The average Bonchev–Trinajstić information content (AvgIpc) is 2.39. The molecule has 0 bridgehead atoms. The Morgan fingerprint density at radius 3 is 2.95 bits per heavy atom. The lowest BCUT2D eigenvalue weighted by Gasteiger charge is -2.38. The molecule has 1 heterocycles. The monoisotopic (exact) mass is 322 g/mol. The normalized spacial score (nSPS) is 27.0. The lowest BCUT2D eigenvalue weighted by molar-refractivity contribution is -0.0272. The van der Waals surface area contributed by atoms with Gasteiger partial charge in [-0.25, -0.2) is 0 Å². The molecule has 19 heavy (non-hydrogen) atoms. The van der Waals surface area contributed by atoms with Crippen molar-refractivity contribution in [2.45, 2.75) is 38.3 Å². The fraction of sp³-hybridized carbons (Fsp3) is 0.533. The lowest BCUT2D eigenvalue weighted by Crippen LogP contribution is -2.47. The molecule has 1 saturated heterocycles. The second-order valence-corrected chi connectivity index (χ2v) is 6.35. The first-order valence-corrected chi connectivity index (χ1v) is 7.40. The number of hydrogen-bond acceptors (Lipinski definition) is 3. The van der Waals surface area contributed by atoms with Crippen molar-refractivity contribution in [2.24, 2.45) is 5.92 Å². The molecule has 0 radical (unpaired) electrons. The molecule has 1 aromatic carbocycles. The van der Waals surface area contributed by atoms with Gasteiger partial charge in [0, 0.05) is 23.0 Å². The third-order valence-corrected chi connectivity index (χ3v) is 4.07. The highest BCUT2D eigenvalue weighted by atomic mass is 79.9. The number of hydrogen-bond donors (Lipinski definition) is 1. The molecule has 0 amide bonds. The van der Waals surface area contributed by atoms with E-state index in [0.717, 1.165) is 23.0 Å². The molecule has 0 aromatic heterocycles. The Bertz CT molecular complexity index is 483. The molecule has 1 aliphatic rings. The summed E-state index contributed by atoms with van der Waals surface area (Å²) in [4.78, 5) is 0. The Labute approximate surface area is 123 Å². The maximum Gasteiger partial charge on any atom is 0.130 e. The van der Waals surface area contributed by atoms with Crippen LogP contribution in [0.25, 0.3) is 0 Å². The quantitative estimate of drug-likeness (QED) is 0.916. The van der Waals surface area contributed by atoms with E-state index >= 15 is 0 Å². The van der Waals surface area contributed by atoms with Crippen LogP contribution < -0.4 is 5.32 Å². The van der Waals surface area contributed by atoms with E-state index in [0.29, 0.717) is 12.5 Å². The van der Waals surface area contributed by atoms with Gasteiger partial charge in [-0.15, -0.1) is 0 Å². The molecule has 2 atom stereocenters. The number of nitrogens with zero attached hydrogens (tertiary/aromatic N) is 1. The maximum atomic E-state index is 9.59. The average molecular weight is 323 g/mol. The topological polar surface area (TPSA) is 45.0 Å². The zero-order chi connectivity index (χ0) is 13.9. The summed E-state index contributed by atoms with van der Waals surface area (Å²) in [6, 6.07) is 10.4. The van der Waals surface area contributed by atoms with Gasteiger partial charge in [0.25, 0.3) is 0 Å². The number of ether oxygens (including phenoxy) is 1. The Morgan fingerprint density at radius 1 is 1.53 bits per heavy atom. The largest absolute Gasteiger partial charge is 0.378 e. The summed E-state index contributed by atoms with van der Waals surface area (Å²) < 4.78 is 6.77. The van der Waals surface area contributed by atoms with Crippen LogP contribution in [-0.4, -0.2) is 18.2 Å². The van der Waals surface area contributed by atoms with Crippen LogP contribution >= 0.6 is 15.9 Å². The lowest BCUT2D eigenvalue weighted by atomic mass is 9.84. The molecule has 3 nitrogen and oxygen atoms in total. The van der Waals surface area contributed by atoms with E-state index in [1.54, 1.807) is 0 Å². The van der Waals surface area contributed by atoms with E-state index < -0.39 is 5.54 Å². The fourth-order valence-corrected chi connectivity index (χ4v) is 2.80. The van der Waals surface area contributed by atoms with E-state index in [9.17, 15) is 5.26 Å². The number of rotatable bonds is 3. The van der Waals surface area contributed by atoms with Crippen LogP contribution in [0.3, 0.4) is 0 Å². The van der Waals surface area contributed by atoms with Gasteiger partial charge in [0.2, 0.25) is 0 Å². The molecule has 1 aliphatic heterocycles. The first-order valence-electron chi connectivity index (χ1n) is 6.61. The summed E-state index contributed by atoms with van der Waals surface area (Å²) in [5.74, 6) is 0.428. The molecule has 0 spiro atoms. The molecule has 1 fully saturated rings. The van der Waals surface area contributed by atoms with Crippen LogP contribution in [0, 0.1) is 17.2 Å². The summed E-state index contributed by atoms with van der Waals surface area (Å²) in [6.07, 6.45) is 1.60. The number of nitrogens with one attached hydrogen (secondary N) is 1. The minimum atomic E-state index is -0.520. The molecule has 4 heteroatoms. The summed E-state index contributed by atoms with van der Waals surface area (Å²) in [6.45, 7) is 4.91. The van der Waals surface area contributed by atoms with Crippen molar-refractivity contribution >= 4 is 21.6 Å². The molecule has 0 saturated carbocycles. The smallest absolute Gasteiger partial charge is 0.130 e. The zero-order valence-corrected chi connectivity index (χ0v) is 12.9. The summed E-state index contributed by atoms with van der Waals surface area (Å²) in [7, 11) is 0. The van der Waals surface area contributed by atoms with Crippen molar-refractivity contribution in [2.75, 3.05) is 11.9 Å². The van der Waals surface area contributed by atoms with Crippen LogP contribution in [0.4, 0.5) is 5.69 Å². The van der Waals surface area contributed by atoms with E-state index in [1.165, 1.54) is 0 Å². The maximum absolute atomic E-state index is 9.59. The molecule has 1 aromatic rings. The van der Waals surface area contributed by atoms with Gasteiger partial charge in [0.1, 0.15) is 5.54 Å². The van der Waals surface area contributed by atoms with Crippen LogP contribution in [0.15, 0.2) is 28.7 Å². The number of benzene rings is 1. The van der Waals surface area contributed by atoms with Gasteiger partial charge in [-0.1, -0.05) is 35.8 Å². The molecule has 2 rings (SSSR count). The van der Waals surface area contributed by atoms with Gasteiger partial charge in [-0.2, -0.15) is 5.26 Å². The third-order valence-electron chi connectivity index (χ3n) is 3.58. The van der Waals surface area contributed by atoms with Gasteiger partial charge in [0.05, 0.1) is 18.8 Å². The zero-order valence-electron chi connectivity index (χ0n) is 11.3. The van der Waals surface area contributed by atoms with Crippen molar-refractivity contribution in [3.05, 3.63) is 28.7 Å². The predicted molar refractivity (Wildman–Crippen MR) is 79.9 cm³/mol. The molecule has 1 N–H and O–H groups in total. The van der Waals surface area contributed by atoms with Gasteiger partial charge >= 0.3 is 0 Å². The van der Waals surface area contributed by atoms with E-state index in [1.807, 2.05) is 24.3 Å². The van der Waals surface area contributed by atoms with Gasteiger partial charge in [0.15, 0.2) is 0 Å². The van der Waals surface area contributed by atoms with Gasteiger partial charge < -0.3 is 10.1 Å². The standard InChI is InChI=1S/C15H19BrN2O/c1-11(2)14-9-15(10-17,6-7-19-14)18-13-5-3-4-12(16)8-13/h3-5,8,11,14,18H,6-7,9H2,1-2H3. The molecular formula is C15H19BrN2O. The minimum Gasteiger partial charge on any atom is -0.378 e. The third kappa shape index (κ3) is 3.49. The van der Waals surface area contributed by atoms with E-state index in [4.69, 9.17) is 4.74 Å². The van der Waals surface area contributed by atoms with Gasteiger partial charge in [-0.05, 0) is 24.1 Å². The predicted octanol–water partition coefficient (Wildman–Crippen LogP) is 3.96. The minimum absolute atomic E-state index is 0.146. The van der Waals surface area contributed by atoms with Crippen LogP contribution in [0.2, 0.25) is 0 Å². The number of halogens is 1. The first kappa shape index (κ1) is 14.4. The number of anilines is 1. The SMILES string of the molecule is CC(C)C1CC(C#N)(Nc2cccc(Br)c2)CCO1. The van der Waals surface area contributed by atoms with Crippen LogP contribution in [0.5, 0.6) is 0 Å². The first-order chi connectivity index (χ1) is 9.04. The second-order valence-electron chi connectivity index (χ2n) is 5.44. The van der Waals surface area contributed by atoms with Crippen LogP contribution in [0.1, 0.15) is 26.7 Å². The molecule has 102 valence electrons. The Balaban J connectivity index is 2.17. The van der Waals surface area contributed by atoms with Crippen LogP contribution in [-0.2, 0) is 4.74 Å². The second kappa shape index (κ2) is 5.94. The van der Waals surface area contributed by atoms with E-state index in [-0.39, 0.29) is 6.10 Å². The van der Waals surface area contributed by atoms with Crippen molar-refractivity contribution in [3.63, 3.8) is 0 Å². The van der Waals surface area contributed by atoms with Gasteiger partial charge in [-0.3, -0.25) is 0 Å². The molecule has 2 unspecified atom stereocenters. The Hall–Kier alpha value is -1.05. The highest BCUT2D eigenvalue weighted by molar-refractivity contribution is 9.10. The van der Waals surface area contributed by atoms with Crippen molar-refractivity contribution < 1.29 is 4.74 Å². The van der Waals surface area contributed by atoms with Crippen molar-refractivity contribution in [3.8, 4) is 6.07 Å². The Morgan fingerprint density at radius 2 is 2.32 bits per heavy atom. The number of nitriles is 1. The molecule has 0 aliphatic carbocycles. The molecular weight excluding hydrogens is 304 g/mol. The van der Waals surface area contributed by atoms with E-state index in [2.05, 4.69) is 41.2 Å².